The number of rotatable bonds is 4. The molecular formula is C12H12BrNO3S2. The largest absolute Gasteiger partial charge is 0.507 e. The molecule has 0 saturated heterocycles. The standard InChI is InChI=1S/C12H12BrNO3S2/c1-14(7-9-6-12(13)18-8-9)19(16,17)11-5-3-2-4-10(11)15/h2-6,8,15H,7H2,1H3. The number of benzene rings is 1. The number of phenols is 1. The summed E-state index contributed by atoms with van der Waals surface area (Å²) >= 11 is 4.84. The van der Waals surface area contributed by atoms with Crippen molar-refractivity contribution in [3.63, 3.8) is 0 Å². The average molecular weight is 362 g/mol. The average Bonchev–Trinajstić information content (AvgIpc) is 2.75. The van der Waals surface area contributed by atoms with Gasteiger partial charge in [0.1, 0.15) is 10.6 Å². The SMILES string of the molecule is CN(Cc1csc(Br)c1)S(=O)(=O)c1ccccc1O. The van der Waals surface area contributed by atoms with Crippen molar-refractivity contribution in [2.45, 2.75) is 11.4 Å². The molecule has 0 radical (unpaired) electrons. The minimum Gasteiger partial charge on any atom is -0.507 e. The normalized spacial score (nSPS) is 11.9. The Morgan fingerprint density at radius 1 is 1.37 bits per heavy atom. The van der Waals surface area contributed by atoms with Gasteiger partial charge in [0.25, 0.3) is 0 Å². The maximum Gasteiger partial charge on any atom is 0.246 e. The van der Waals surface area contributed by atoms with Gasteiger partial charge < -0.3 is 5.11 Å². The van der Waals surface area contributed by atoms with E-state index in [1.54, 1.807) is 12.1 Å². The van der Waals surface area contributed by atoms with Gasteiger partial charge >= 0.3 is 0 Å². The molecular weight excluding hydrogens is 350 g/mol. The predicted octanol–water partition coefficient (Wildman–Crippen LogP) is 3.04. The minimum atomic E-state index is -3.69. The molecule has 1 aromatic heterocycles. The Morgan fingerprint density at radius 2 is 2.05 bits per heavy atom. The van der Waals surface area contributed by atoms with Gasteiger partial charge in [-0.05, 0) is 45.1 Å². The van der Waals surface area contributed by atoms with Gasteiger partial charge in [-0.1, -0.05) is 12.1 Å². The molecule has 0 spiro atoms. The van der Waals surface area contributed by atoms with Crippen LogP contribution < -0.4 is 0 Å². The molecule has 4 nitrogen and oxygen atoms in total. The Morgan fingerprint density at radius 3 is 2.63 bits per heavy atom. The molecule has 2 rings (SSSR count). The van der Waals surface area contributed by atoms with E-state index in [2.05, 4.69) is 15.9 Å². The van der Waals surface area contributed by atoms with Crippen LogP contribution in [-0.4, -0.2) is 24.9 Å². The van der Waals surface area contributed by atoms with E-state index in [0.29, 0.717) is 0 Å². The van der Waals surface area contributed by atoms with Crippen LogP contribution in [0.3, 0.4) is 0 Å². The molecule has 7 heteroatoms. The highest BCUT2D eigenvalue weighted by Crippen LogP contribution is 2.27. The number of phenolic OH excluding ortho intramolecular Hbond substituents is 1. The number of hydrogen-bond acceptors (Lipinski definition) is 4. The van der Waals surface area contributed by atoms with E-state index in [1.165, 1.54) is 34.8 Å². The van der Waals surface area contributed by atoms with Gasteiger partial charge in [-0.2, -0.15) is 4.31 Å². The number of hydrogen-bond donors (Lipinski definition) is 1. The zero-order chi connectivity index (χ0) is 14.0. The van der Waals surface area contributed by atoms with Crippen molar-refractivity contribution >= 4 is 37.3 Å². The van der Waals surface area contributed by atoms with Gasteiger partial charge in [-0.3, -0.25) is 0 Å². The van der Waals surface area contributed by atoms with E-state index < -0.39 is 10.0 Å². The lowest BCUT2D eigenvalue weighted by atomic mass is 10.3. The van der Waals surface area contributed by atoms with Crippen LogP contribution in [0.1, 0.15) is 5.56 Å². The van der Waals surface area contributed by atoms with E-state index in [0.717, 1.165) is 9.35 Å². The van der Waals surface area contributed by atoms with Crippen LogP contribution in [0.4, 0.5) is 0 Å². The first-order valence-corrected chi connectivity index (χ1v) is 8.50. The predicted molar refractivity (Wildman–Crippen MR) is 78.8 cm³/mol. The van der Waals surface area contributed by atoms with E-state index >= 15 is 0 Å². The summed E-state index contributed by atoms with van der Waals surface area (Å²) in [6.45, 7) is 0.263. The second kappa shape index (κ2) is 5.62. The van der Waals surface area contributed by atoms with Crippen molar-refractivity contribution in [2.75, 3.05) is 7.05 Å². The maximum atomic E-state index is 12.3. The van der Waals surface area contributed by atoms with E-state index in [-0.39, 0.29) is 17.2 Å². The van der Waals surface area contributed by atoms with Crippen LogP contribution in [0.15, 0.2) is 44.4 Å². The summed E-state index contributed by atoms with van der Waals surface area (Å²) in [7, 11) is -2.19. The summed E-state index contributed by atoms with van der Waals surface area (Å²) in [4.78, 5) is -0.0770. The Kier molecular flexibility index (Phi) is 4.29. The lowest BCUT2D eigenvalue weighted by molar-refractivity contribution is 0.440. The van der Waals surface area contributed by atoms with Crippen LogP contribution in [-0.2, 0) is 16.6 Å². The van der Waals surface area contributed by atoms with Gasteiger partial charge in [0.2, 0.25) is 10.0 Å². The Bertz CT molecular complexity index is 682. The van der Waals surface area contributed by atoms with Crippen LogP contribution in [0.25, 0.3) is 0 Å². The first-order valence-electron chi connectivity index (χ1n) is 5.38. The van der Waals surface area contributed by atoms with Crippen LogP contribution in [0.5, 0.6) is 5.75 Å². The Balaban J connectivity index is 2.27. The summed E-state index contributed by atoms with van der Waals surface area (Å²) < 4.78 is 26.8. The summed E-state index contributed by atoms with van der Waals surface area (Å²) in [6.07, 6.45) is 0. The molecule has 1 aromatic carbocycles. The van der Waals surface area contributed by atoms with E-state index in [1.807, 2.05) is 11.4 Å². The van der Waals surface area contributed by atoms with Gasteiger partial charge in [-0.15, -0.1) is 11.3 Å². The van der Waals surface area contributed by atoms with Crippen molar-refractivity contribution in [2.24, 2.45) is 0 Å². The summed E-state index contributed by atoms with van der Waals surface area (Å²) in [5.41, 5.74) is 0.901. The van der Waals surface area contributed by atoms with Crippen molar-refractivity contribution < 1.29 is 13.5 Å². The number of thiophene rings is 1. The van der Waals surface area contributed by atoms with Gasteiger partial charge in [0.15, 0.2) is 0 Å². The monoisotopic (exact) mass is 361 g/mol. The lowest BCUT2D eigenvalue weighted by Gasteiger charge is -2.17. The van der Waals surface area contributed by atoms with Crippen molar-refractivity contribution in [3.8, 4) is 5.75 Å². The molecule has 0 aliphatic heterocycles. The zero-order valence-electron chi connectivity index (χ0n) is 10.1. The van der Waals surface area contributed by atoms with Crippen LogP contribution in [0.2, 0.25) is 0 Å². The molecule has 0 unspecified atom stereocenters. The molecule has 0 fully saturated rings. The lowest BCUT2D eigenvalue weighted by Crippen LogP contribution is -2.26. The first-order chi connectivity index (χ1) is 8.91. The molecule has 0 atom stereocenters. The van der Waals surface area contributed by atoms with E-state index in [4.69, 9.17) is 0 Å². The third kappa shape index (κ3) is 3.17. The highest BCUT2D eigenvalue weighted by Gasteiger charge is 2.24. The van der Waals surface area contributed by atoms with Crippen molar-refractivity contribution in [3.05, 3.63) is 45.1 Å². The van der Waals surface area contributed by atoms with Gasteiger partial charge in [0.05, 0.1) is 3.79 Å². The second-order valence-corrected chi connectivity index (χ2v) is 8.29. The fourth-order valence-corrected chi connectivity index (χ4v) is 4.05. The molecule has 2 aromatic rings. The number of aromatic hydroxyl groups is 1. The number of nitrogens with zero attached hydrogens (tertiary/aromatic N) is 1. The molecule has 1 heterocycles. The second-order valence-electron chi connectivity index (χ2n) is 3.99. The topological polar surface area (TPSA) is 57.6 Å². The first kappa shape index (κ1) is 14.5. The highest BCUT2D eigenvalue weighted by atomic mass is 79.9. The fourth-order valence-electron chi connectivity index (χ4n) is 1.61. The maximum absolute atomic E-state index is 12.3. The van der Waals surface area contributed by atoms with Crippen LogP contribution >= 0.6 is 27.3 Å². The molecule has 102 valence electrons. The highest BCUT2D eigenvalue weighted by molar-refractivity contribution is 9.11. The smallest absolute Gasteiger partial charge is 0.246 e. The summed E-state index contributed by atoms with van der Waals surface area (Å²) in [6, 6.07) is 7.81. The zero-order valence-corrected chi connectivity index (χ0v) is 13.3. The van der Waals surface area contributed by atoms with Crippen LogP contribution in [0, 0.1) is 0 Å². The van der Waals surface area contributed by atoms with Gasteiger partial charge in [0, 0.05) is 13.6 Å². The third-order valence-corrected chi connectivity index (χ3v) is 5.98. The van der Waals surface area contributed by atoms with E-state index in [9.17, 15) is 13.5 Å². The molecule has 19 heavy (non-hydrogen) atoms. The molecule has 1 N–H and O–H groups in total. The molecule has 0 amide bonds. The number of para-hydroxylation sites is 1. The molecule has 0 bridgehead atoms. The Hall–Kier alpha value is -0.890. The Labute approximate surface area is 124 Å². The fraction of sp³-hybridized carbons (Fsp3) is 0.167. The molecule has 0 saturated carbocycles. The van der Waals surface area contributed by atoms with Gasteiger partial charge in [-0.25, -0.2) is 8.42 Å². The molecule has 0 aliphatic rings. The summed E-state index contributed by atoms with van der Waals surface area (Å²) in [5, 5.41) is 11.5. The quantitative estimate of drug-likeness (QED) is 0.910. The third-order valence-electron chi connectivity index (χ3n) is 2.58. The van der Waals surface area contributed by atoms with Crippen molar-refractivity contribution in [1.29, 1.82) is 0 Å². The minimum absolute atomic E-state index is 0.0770. The summed E-state index contributed by atoms with van der Waals surface area (Å²) in [5.74, 6) is -0.235. The molecule has 0 aliphatic carbocycles. The number of sulfonamides is 1. The number of halogens is 1. The van der Waals surface area contributed by atoms with Crippen molar-refractivity contribution in [1.82, 2.24) is 4.31 Å².